The number of ether oxygens (including phenoxy) is 1. The highest BCUT2D eigenvalue weighted by Crippen LogP contribution is 2.42. The molecule has 4 nitrogen and oxygen atoms in total. The molecule has 0 fully saturated rings. The van der Waals surface area contributed by atoms with Gasteiger partial charge in [0.05, 0.1) is 23.0 Å². The molecule has 0 saturated heterocycles. The molecule has 1 unspecified atom stereocenters. The Hall–Kier alpha value is -2.05. The molecule has 4 rings (SSSR count). The van der Waals surface area contributed by atoms with Crippen LogP contribution in [0.3, 0.4) is 0 Å². The number of carbonyl (C=O) groups excluding carboxylic acids is 1. The first-order valence-electron chi connectivity index (χ1n) is 9.53. The van der Waals surface area contributed by atoms with Gasteiger partial charge in [0.1, 0.15) is 12.0 Å². The van der Waals surface area contributed by atoms with E-state index in [0.717, 1.165) is 63.8 Å². The minimum absolute atomic E-state index is 0.443. The van der Waals surface area contributed by atoms with Crippen molar-refractivity contribution in [3.8, 4) is 5.75 Å². The van der Waals surface area contributed by atoms with Crippen molar-refractivity contribution in [2.75, 3.05) is 24.3 Å². The molecule has 1 aromatic heterocycles. The van der Waals surface area contributed by atoms with E-state index in [1.54, 1.807) is 18.4 Å². The average Bonchev–Trinajstić information content (AvgIpc) is 3.12. The summed E-state index contributed by atoms with van der Waals surface area (Å²) in [5.74, 6) is 1.76. The summed E-state index contributed by atoms with van der Waals surface area (Å²) in [7, 11) is 1.69. The van der Waals surface area contributed by atoms with Gasteiger partial charge >= 0.3 is 0 Å². The molecule has 1 atom stereocenters. The van der Waals surface area contributed by atoms with Crippen molar-refractivity contribution in [1.29, 1.82) is 0 Å². The van der Waals surface area contributed by atoms with Crippen LogP contribution in [0.25, 0.3) is 10.2 Å². The number of benzene rings is 2. The lowest BCUT2D eigenvalue weighted by atomic mass is 9.90. The smallest absolute Gasteiger partial charge is 0.151 e. The normalized spacial score (nSPS) is 16.2. The quantitative estimate of drug-likeness (QED) is 0.403. The van der Waals surface area contributed by atoms with Crippen LogP contribution >= 0.6 is 23.1 Å². The summed E-state index contributed by atoms with van der Waals surface area (Å²) in [6, 6.07) is 10.6. The van der Waals surface area contributed by atoms with Gasteiger partial charge in [-0.1, -0.05) is 23.9 Å². The number of aldehydes is 1. The Morgan fingerprint density at radius 1 is 1.39 bits per heavy atom. The van der Waals surface area contributed by atoms with E-state index in [0.29, 0.717) is 6.04 Å². The molecule has 28 heavy (non-hydrogen) atoms. The highest BCUT2D eigenvalue weighted by molar-refractivity contribution is 8.01. The molecular weight excluding hydrogens is 388 g/mol. The molecule has 0 saturated carbocycles. The minimum atomic E-state index is 0.443. The van der Waals surface area contributed by atoms with Gasteiger partial charge in [0.15, 0.2) is 4.34 Å². The van der Waals surface area contributed by atoms with Gasteiger partial charge in [-0.25, -0.2) is 4.98 Å². The van der Waals surface area contributed by atoms with Gasteiger partial charge < -0.3 is 9.64 Å². The zero-order chi connectivity index (χ0) is 19.7. The second-order valence-electron chi connectivity index (χ2n) is 7.12. The molecule has 0 radical (unpaired) electrons. The highest BCUT2D eigenvalue weighted by atomic mass is 32.2. The number of rotatable bonds is 6. The number of methoxy groups -OCH3 is 1. The Kier molecular flexibility index (Phi) is 5.60. The molecule has 2 aromatic carbocycles. The summed E-state index contributed by atoms with van der Waals surface area (Å²) < 4.78 is 8.03. The fraction of sp³-hybridized carbons (Fsp3) is 0.364. The van der Waals surface area contributed by atoms with Gasteiger partial charge in [0.25, 0.3) is 0 Å². The first-order valence-corrected chi connectivity index (χ1v) is 11.3. The van der Waals surface area contributed by atoms with Crippen molar-refractivity contribution in [1.82, 2.24) is 4.98 Å². The third-order valence-corrected chi connectivity index (χ3v) is 7.66. The van der Waals surface area contributed by atoms with Crippen molar-refractivity contribution in [2.24, 2.45) is 0 Å². The van der Waals surface area contributed by atoms with Gasteiger partial charge in [-0.15, -0.1) is 11.3 Å². The monoisotopic (exact) mass is 412 g/mol. The highest BCUT2D eigenvalue weighted by Gasteiger charge is 2.28. The summed E-state index contributed by atoms with van der Waals surface area (Å²) in [5, 5.41) is 0. The average molecular weight is 413 g/mol. The lowest BCUT2D eigenvalue weighted by molar-refractivity contribution is 0.112. The van der Waals surface area contributed by atoms with Crippen LogP contribution in [0.1, 0.15) is 34.8 Å². The van der Waals surface area contributed by atoms with E-state index in [1.807, 2.05) is 30.8 Å². The molecule has 0 amide bonds. The van der Waals surface area contributed by atoms with E-state index in [2.05, 4.69) is 30.0 Å². The van der Waals surface area contributed by atoms with Gasteiger partial charge in [-0.3, -0.25) is 4.79 Å². The maximum atomic E-state index is 11.5. The molecule has 0 N–H and O–H groups in total. The second kappa shape index (κ2) is 8.13. The van der Waals surface area contributed by atoms with Crippen molar-refractivity contribution in [2.45, 2.75) is 37.1 Å². The van der Waals surface area contributed by atoms with E-state index in [-0.39, 0.29) is 0 Å². The first kappa shape index (κ1) is 19.3. The molecular formula is C22H24N2O2S2. The predicted molar refractivity (Wildman–Crippen MR) is 119 cm³/mol. The molecule has 0 bridgehead atoms. The molecule has 3 aromatic rings. The number of fused-ring (bicyclic) bond motifs is 2. The number of thioether (sulfide) groups is 1. The zero-order valence-electron chi connectivity index (χ0n) is 16.4. The van der Waals surface area contributed by atoms with E-state index in [1.165, 1.54) is 10.3 Å². The molecule has 0 spiro atoms. The number of thiazole rings is 1. The Labute approximate surface area is 173 Å². The topological polar surface area (TPSA) is 42.4 Å². The maximum Gasteiger partial charge on any atom is 0.151 e. The van der Waals surface area contributed by atoms with Gasteiger partial charge in [0, 0.05) is 23.9 Å². The number of para-hydroxylation sites is 1. The van der Waals surface area contributed by atoms with Crippen molar-refractivity contribution < 1.29 is 9.53 Å². The number of hydrogen-bond donors (Lipinski definition) is 0. The third kappa shape index (κ3) is 3.51. The number of hydrogen-bond acceptors (Lipinski definition) is 6. The van der Waals surface area contributed by atoms with Crippen LogP contribution in [-0.4, -0.2) is 36.7 Å². The predicted octanol–water partition coefficient (Wildman–Crippen LogP) is 5.36. The van der Waals surface area contributed by atoms with Crippen LogP contribution in [0, 0.1) is 6.92 Å². The summed E-state index contributed by atoms with van der Waals surface area (Å²) in [6.07, 6.45) is 3.01. The second-order valence-corrected chi connectivity index (χ2v) is 9.49. The molecule has 1 aliphatic rings. The number of anilines is 1. The minimum Gasteiger partial charge on any atom is -0.495 e. The number of nitrogens with zero attached hydrogens (tertiary/aromatic N) is 2. The summed E-state index contributed by atoms with van der Waals surface area (Å²) >= 11 is 3.57. The van der Waals surface area contributed by atoms with Crippen molar-refractivity contribution in [3.63, 3.8) is 0 Å². The molecule has 146 valence electrons. The Balaban J connectivity index is 1.56. The van der Waals surface area contributed by atoms with Gasteiger partial charge in [-0.05, 0) is 56.0 Å². The van der Waals surface area contributed by atoms with E-state index in [9.17, 15) is 4.79 Å². The molecule has 0 aliphatic carbocycles. The fourth-order valence-corrected chi connectivity index (χ4v) is 6.00. The summed E-state index contributed by atoms with van der Waals surface area (Å²) in [5.41, 5.74) is 5.31. The Bertz CT molecular complexity index is 982. The molecule has 1 aliphatic heterocycles. The first-order chi connectivity index (χ1) is 13.6. The van der Waals surface area contributed by atoms with Crippen LogP contribution in [0.15, 0.2) is 34.7 Å². The van der Waals surface area contributed by atoms with Gasteiger partial charge in [-0.2, -0.15) is 0 Å². The van der Waals surface area contributed by atoms with Crippen LogP contribution in [0.2, 0.25) is 0 Å². The van der Waals surface area contributed by atoms with Crippen molar-refractivity contribution in [3.05, 3.63) is 47.0 Å². The lowest BCUT2D eigenvalue weighted by Crippen LogP contribution is -2.39. The summed E-state index contributed by atoms with van der Waals surface area (Å²) in [4.78, 5) is 18.6. The molecule has 6 heteroatoms. The van der Waals surface area contributed by atoms with E-state index in [4.69, 9.17) is 9.72 Å². The Morgan fingerprint density at radius 3 is 2.96 bits per heavy atom. The summed E-state index contributed by atoms with van der Waals surface area (Å²) in [6.45, 7) is 5.24. The van der Waals surface area contributed by atoms with Gasteiger partial charge in [0.2, 0.25) is 0 Å². The SMILES string of the molecule is COc1cc(C=O)c(C)c2c1N(CCSc1nc3ccccc3s1)C(C)CC2. The Morgan fingerprint density at radius 2 is 2.21 bits per heavy atom. The van der Waals surface area contributed by atoms with Crippen LogP contribution in [-0.2, 0) is 6.42 Å². The largest absolute Gasteiger partial charge is 0.495 e. The third-order valence-electron chi connectivity index (χ3n) is 5.50. The molecule has 2 heterocycles. The van der Waals surface area contributed by atoms with Crippen LogP contribution < -0.4 is 9.64 Å². The fourth-order valence-electron chi connectivity index (χ4n) is 3.92. The van der Waals surface area contributed by atoms with Crippen LogP contribution in [0.5, 0.6) is 5.75 Å². The van der Waals surface area contributed by atoms with Crippen molar-refractivity contribution >= 4 is 45.3 Å². The maximum absolute atomic E-state index is 11.5. The van der Waals surface area contributed by atoms with E-state index < -0.39 is 0 Å². The zero-order valence-corrected chi connectivity index (χ0v) is 18.0. The lowest BCUT2D eigenvalue weighted by Gasteiger charge is -2.39. The number of carbonyl (C=O) groups is 1. The number of aromatic nitrogens is 1. The van der Waals surface area contributed by atoms with Crippen LogP contribution in [0.4, 0.5) is 5.69 Å². The standard InChI is InChI=1S/C22H24N2O2S2/c1-14-8-9-17-15(2)16(13-25)12-19(26-3)21(17)24(14)10-11-27-22-23-18-6-4-5-7-20(18)28-22/h4-7,12-14H,8-11H2,1-3H3. The van der Waals surface area contributed by atoms with E-state index >= 15 is 0 Å².